The van der Waals surface area contributed by atoms with Crippen LogP contribution in [0.5, 0.6) is 0 Å². The molecule has 0 aliphatic heterocycles. The molecule has 1 N–H and O–H groups in total. The molecule has 3 aromatic carbocycles. The molecule has 0 amide bonds. The molecule has 2 nitrogen and oxygen atoms in total. The summed E-state index contributed by atoms with van der Waals surface area (Å²) in [4.78, 5) is 2.23. The third kappa shape index (κ3) is 6.01. The van der Waals surface area contributed by atoms with E-state index in [2.05, 4.69) is 36.9 Å². The number of aliphatic hydroxyl groups is 1. The van der Waals surface area contributed by atoms with Crippen LogP contribution in [-0.2, 0) is 19.5 Å². The lowest BCUT2D eigenvalue weighted by molar-refractivity contribution is 0.104. The van der Waals surface area contributed by atoms with E-state index >= 15 is 0 Å². The number of hydrogen-bond donors (Lipinski definition) is 1. The fourth-order valence-electron chi connectivity index (χ4n) is 3.55. The monoisotopic (exact) mass is 377 g/mol. The van der Waals surface area contributed by atoms with Gasteiger partial charge in [-0.15, -0.1) is 0 Å². The Bertz CT molecular complexity index is 877. The maximum absolute atomic E-state index is 13.3. The van der Waals surface area contributed by atoms with Gasteiger partial charge < -0.3 is 5.11 Å². The number of hydrogen-bond acceptors (Lipinski definition) is 2. The Hall–Kier alpha value is -2.49. The predicted octanol–water partition coefficient (Wildman–Crippen LogP) is 5.05. The molecule has 0 saturated heterocycles. The molecule has 0 heterocycles. The van der Waals surface area contributed by atoms with E-state index in [1.807, 2.05) is 42.5 Å². The van der Waals surface area contributed by atoms with Crippen LogP contribution in [0.3, 0.4) is 0 Å². The minimum Gasteiger partial charge on any atom is -0.391 e. The van der Waals surface area contributed by atoms with E-state index in [9.17, 15) is 9.50 Å². The first kappa shape index (κ1) is 20.2. The molecular weight excluding hydrogens is 349 g/mol. The van der Waals surface area contributed by atoms with E-state index in [1.165, 1.54) is 28.8 Å². The van der Waals surface area contributed by atoms with Crippen molar-refractivity contribution in [2.45, 2.75) is 39.5 Å². The van der Waals surface area contributed by atoms with Crippen molar-refractivity contribution in [3.05, 3.63) is 106 Å². The van der Waals surface area contributed by atoms with E-state index in [0.29, 0.717) is 19.5 Å². The third-order valence-electron chi connectivity index (χ3n) is 4.99. The largest absolute Gasteiger partial charge is 0.391 e. The van der Waals surface area contributed by atoms with Gasteiger partial charge >= 0.3 is 0 Å². The van der Waals surface area contributed by atoms with Gasteiger partial charge in [-0.1, -0.05) is 66.2 Å². The highest BCUT2D eigenvalue weighted by atomic mass is 19.1. The number of aryl methyl sites for hydroxylation is 2. The van der Waals surface area contributed by atoms with Gasteiger partial charge in [-0.05, 0) is 54.7 Å². The lowest BCUT2D eigenvalue weighted by Crippen LogP contribution is -2.33. The number of nitrogens with zero attached hydrogens (tertiary/aromatic N) is 1. The van der Waals surface area contributed by atoms with Gasteiger partial charge in [0, 0.05) is 19.6 Å². The van der Waals surface area contributed by atoms with Crippen LogP contribution in [0.15, 0.2) is 72.8 Å². The van der Waals surface area contributed by atoms with Crippen LogP contribution >= 0.6 is 0 Å². The second-order valence-electron chi connectivity index (χ2n) is 7.57. The second kappa shape index (κ2) is 9.63. The third-order valence-corrected chi connectivity index (χ3v) is 4.99. The van der Waals surface area contributed by atoms with Crippen LogP contribution in [0.1, 0.15) is 27.8 Å². The van der Waals surface area contributed by atoms with E-state index < -0.39 is 6.10 Å². The van der Waals surface area contributed by atoms with Crippen molar-refractivity contribution in [3.8, 4) is 0 Å². The smallest absolute Gasteiger partial charge is 0.123 e. The fraction of sp³-hybridized carbons (Fsp3) is 0.280. The molecule has 3 heteroatoms. The van der Waals surface area contributed by atoms with E-state index in [4.69, 9.17) is 0 Å². The molecule has 0 radical (unpaired) electrons. The molecule has 0 spiro atoms. The Kier molecular flexibility index (Phi) is 6.96. The summed E-state index contributed by atoms with van der Waals surface area (Å²) in [5.74, 6) is -0.228. The number of benzene rings is 3. The van der Waals surface area contributed by atoms with Crippen LogP contribution in [0.4, 0.5) is 4.39 Å². The summed E-state index contributed by atoms with van der Waals surface area (Å²) >= 11 is 0. The van der Waals surface area contributed by atoms with Crippen molar-refractivity contribution >= 4 is 0 Å². The van der Waals surface area contributed by atoms with Gasteiger partial charge in [0.25, 0.3) is 0 Å². The first-order valence-corrected chi connectivity index (χ1v) is 9.74. The van der Waals surface area contributed by atoms with Crippen molar-refractivity contribution in [3.63, 3.8) is 0 Å². The molecule has 3 rings (SSSR count). The van der Waals surface area contributed by atoms with Crippen LogP contribution < -0.4 is 0 Å². The number of halogens is 1. The molecule has 0 fully saturated rings. The molecule has 1 unspecified atom stereocenters. The van der Waals surface area contributed by atoms with Crippen molar-refractivity contribution in [2.24, 2.45) is 0 Å². The van der Waals surface area contributed by atoms with Crippen LogP contribution in [-0.4, -0.2) is 22.7 Å². The average Bonchev–Trinajstić information content (AvgIpc) is 2.66. The normalized spacial score (nSPS) is 12.3. The van der Waals surface area contributed by atoms with Gasteiger partial charge in [0.15, 0.2) is 0 Å². The van der Waals surface area contributed by atoms with Crippen molar-refractivity contribution in [1.29, 1.82) is 0 Å². The van der Waals surface area contributed by atoms with Crippen molar-refractivity contribution in [1.82, 2.24) is 4.90 Å². The van der Waals surface area contributed by atoms with Crippen molar-refractivity contribution < 1.29 is 9.50 Å². The Morgan fingerprint density at radius 3 is 2.25 bits per heavy atom. The summed E-state index contributed by atoms with van der Waals surface area (Å²) in [6.07, 6.45) is 0.154. The number of rotatable bonds is 8. The van der Waals surface area contributed by atoms with Crippen molar-refractivity contribution in [2.75, 3.05) is 6.54 Å². The highest BCUT2D eigenvalue weighted by Gasteiger charge is 2.15. The average molecular weight is 378 g/mol. The minimum atomic E-state index is -0.464. The Morgan fingerprint density at radius 1 is 0.857 bits per heavy atom. The first-order chi connectivity index (χ1) is 13.5. The van der Waals surface area contributed by atoms with E-state index in [0.717, 1.165) is 17.7 Å². The molecule has 0 aromatic heterocycles. The quantitative estimate of drug-likeness (QED) is 0.594. The lowest BCUT2D eigenvalue weighted by atomic mass is 10.0. The maximum atomic E-state index is 13.3. The SMILES string of the molecule is Cc1ccc(CN(Cc2ccc(F)cc2)CC(O)Cc2ccccc2)c(C)c1. The van der Waals surface area contributed by atoms with Gasteiger partial charge in [-0.25, -0.2) is 4.39 Å². The topological polar surface area (TPSA) is 23.5 Å². The molecule has 146 valence electrons. The number of aliphatic hydroxyl groups excluding tert-OH is 1. The van der Waals surface area contributed by atoms with Gasteiger partial charge in [0.2, 0.25) is 0 Å². The fourth-order valence-corrected chi connectivity index (χ4v) is 3.55. The van der Waals surface area contributed by atoms with Gasteiger partial charge in [-0.2, -0.15) is 0 Å². The summed E-state index contributed by atoms with van der Waals surface area (Å²) < 4.78 is 13.3. The van der Waals surface area contributed by atoms with E-state index in [-0.39, 0.29) is 5.82 Å². The summed E-state index contributed by atoms with van der Waals surface area (Å²) in [6.45, 7) is 6.18. The molecule has 3 aromatic rings. The zero-order valence-electron chi connectivity index (χ0n) is 16.6. The highest BCUT2D eigenvalue weighted by molar-refractivity contribution is 5.30. The molecule has 0 aliphatic rings. The molecule has 28 heavy (non-hydrogen) atoms. The summed E-state index contributed by atoms with van der Waals surface area (Å²) in [7, 11) is 0. The van der Waals surface area contributed by atoms with Gasteiger partial charge in [0.05, 0.1) is 6.10 Å². The standard InChI is InChI=1S/C25H28FNO/c1-19-8-11-23(20(2)14-19)17-27(16-22-9-12-24(26)13-10-22)18-25(28)15-21-6-4-3-5-7-21/h3-14,25,28H,15-18H2,1-2H3. The van der Waals surface area contributed by atoms with Crippen LogP contribution in [0.2, 0.25) is 0 Å². The molecule has 0 saturated carbocycles. The second-order valence-corrected chi connectivity index (χ2v) is 7.57. The Morgan fingerprint density at radius 2 is 1.57 bits per heavy atom. The van der Waals surface area contributed by atoms with Crippen LogP contribution in [0.25, 0.3) is 0 Å². The van der Waals surface area contributed by atoms with Crippen LogP contribution in [0, 0.1) is 19.7 Å². The molecule has 1 atom stereocenters. The first-order valence-electron chi connectivity index (χ1n) is 9.74. The maximum Gasteiger partial charge on any atom is 0.123 e. The Labute approximate surface area is 167 Å². The lowest BCUT2D eigenvalue weighted by Gasteiger charge is -2.26. The zero-order valence-corrected chi connectivity index (χ0v) is 16.6. The highest BCUT2D eigenvalue weighted by Crippen LogP contribution is 2.17. The molecular formula is C25H28FNO. The predicted molar refractivity (Wildman–Crippen MR) is 113 cm³/mol. The summed E-state index contributed by atoms with van der Waals surface area (Å²) in [5, 5.41) is 10.7. The van der Waals surface area contributed by atoms with E-state index in [1.54, 1.807) is 0 Å². The zero-order chi connectivity index (χ0) is 19.9. The summed E-state index contributed by atoms with van der Waals surface area (Å²) in [6, 6.07) is 23.1. The van der Waals surface area contributed by atoms with Gasteiger partial charge in [-0.3, -0.25) is 4.90 Å². The minimum absolute atomic E-state index is 0.228. The molecule has 0 bridgehead atoms. The molecule has 0 aliphatic carbocycles. The Balaban J connectivity index is 1.73. The van der Waals surface area contributed by atoms with Gasteiger partial charge in [0.1, 0.15) is 5.82 Å². The summed E-state index contributed by atoms with van der Waals surface area (Å²) in [5.41, 5.74) is 5.91.